The number of carbonyl (C=O) groups is 1. The number of hydrogen-bond acceptors (Lipinski definition) is 4. The van der Waals surface area contributed by atoms with Gasteiger partial charge in [0.15, 0.2) is 0 Å². The minimum atomic E-state index is -4.70. The SMILES string of the molecule is C=CC(OC(=O)C(=C)C)OP(=O)(O)O. The summed E-state index contributed by atoms with van der Waals surface area (Å²) in [5.74, 6) is -0.816. The lowest BCUT2D eigenvalue weighted by atomic mass is 10.4. The third-order valence-corrected chi connectivity index (χ3v) is 1.49. The van der Waals surface area contributed by atoms with Crippen molar-refractivity contribution in [2.75, 3.05) is 0 Å². The van der Waals surface area contributed by atoms with E-state index in [0.717, 1.165) is 6.08 Å². The second kappa shape index (κ2) is 5.07. The van der Waals surface area contributed by atoms with Gasteiger partial charge in [0.1, 0.15) is 0 Å². The highest BCUT2D eigenvalue weighted by Gasteiger charge is 2.22. The van der Waals surface area contributed by atoms with Crippen LogP contribution in [0.3, 0.4) is 0 Å². The van der Waals surface area contributed by atoms with Crippen LogP contribution in [0.5, 0.6) is 0 Å². The van der Waals surface area contributed by atoms with Crippen LogP contribution in [0.2, 0.25) is 0 Å². The molecule has 0 aliphatic heterocycles. The lowest BCUT2D eigenvalue weighted by molar-refractivity contribution is -0.154. The largest absolute Gasteiger partial charge is 0.472 e. The summed E-state index contributed by atoms with van der Waals surface area (Å²) < 4.78 is 18.9. The molecule has 2 N–H and O–H groups in total. The molecule has 0 saturated heterocycles. The minimum Gasteiger partial charge on any atom is -0.428 e. The van der Waals surface area contributed by atoms with Gasteiger partial charge in [-0.2, -0.15) is 0 Å². The van der Waals surface area contributed by atoms with Crippen LogP contribution in [-0.2, 0) is 18.6 Å². The van der Waals surface area contributed by atoms with Crippen LogP contribution in [0.25, 0.3) is 0 Å². The van der Waals surface area contributed by atoms with E-state index in [-0.39, 0.29) is 5.57 Å². The second-order valence-corrected chi connectivity index (χ2v) is 3.58. The summed E-state index contributed by atoms with van der Waals surface area (Å²) in [6.07, 6.45) is -0.542. The van der Waals surface area contributed by atoms with Crippen molar-refractivity contribution in [3.63, 3.8) is 0 Å². The Hall–Kier alpha value is -0.940. The zero-order valence-corrected chi connectivity index (χ0v) is 8.44. The monoisotopic (exact) mass is 222 g/mol. The van der Waals surface area contributed by atoms with Gasteiger partial charge in [-0.05, 0) is 13.0 Å². The van der Waals surface area contributed by atoms with Gasteiger partial charge < -0.3 is 14.5 Å². The molecule has 0 radical (unpaired) electrons. The summed E-state index contributed by atoms with van der Waals surface area (Å²) in [4.78, 5) is 27.7. The number of esters is 1. The van der Waals surface area contributed by atoms with Gasteiger partial charge in [0.25, 0.3) is 0 Å². The van der Waals surface area contributed by atoms with E-state index in [1.54, 1.807) is 0 Å². The lowest BCUT2D eigenvalue weighted by Crippen LogP contribution is -2.18. The number of ether oxygens (including phenoxy) is 1. The molecule has 7 heteroatoms. The third kappa shape index (κ3) is 5.66. The van der Waals surface area contributed by atoms with Gasteiger partial charge in [-0.15, -0.1) is 0 Å². The number of phosphoric acid groups is 1. The molecule has 6 nitrogen and oxygen atoms in total. The van der Waals surface area contributed by atoms with E-state index in [4.69, 9.17) is 9.79 Å². The van der Waals surface area contributed by atoms with Crippen molar-refractivity contribution in [1.82, 2.24) is 0 Å². The van der Waals surface area contributed by atoms with Crippen LogP contribution in [0.15, 0.2) is 24.8 Å². The average Bonchev–Trinajstić information content (AvgIpc) is 2.00. The number of phosphoric ester groups is 1. The Morgan fingerprint density at radius 1 is 1.57 bits per heavy atom. The zero-order chi connectivity index (χ0) is 11.4. The van der Waals surface area contributed by atoms with E-state index in [0.29, 0.717) is 0 Å². The fourth-order valence-electron chi connectivity index (χ4n) is 0.454. The molecule has 14 heavy (non-hydrogen) atoms. The molecule has 80 valence electrons. The van der Waals surface area contributed by atoms with Gasteiger partial charge >= 0.3 is 13.8 Å². The molecule has 0 bridgehead atoms. The van der Waals surface area contributed by atoms with Gasteiger partial charge in [0.05, 0.1) is 0 Å². The molecule has 0 spiro atoms. The summed E-state index contributed by atoms with van der Waals surface area (Å²) >= 11 is 0. The molecule has 0 aromatic heterocycles. The molecular weight excluding hydrogens is 211 g/mol. The van der Waals surface area contributed by atoms with E-state index in [1.807, 2.05) is 0 Å². The maximum absolute atomic E-state index is 10.9. The van der Waals surface area contributed by atoms with Crippen molar-refractivity contribution in [1.29, 1.82) is 0 Å². The van der Waals surface area contributed by atoms with Gasteiger partial charge in [-0.25, -0.2) is 13.9 Å². The van der Waals surface area contributed by atoms with E-state index in [1.165, 1.54) is 6.92 Å². The van der Waals surface area contributed by atoms with E-state index in [2.05, 4.69) is 22.4 Å². The standard InChI is InChI=1S/C7H11O6P/c1-4-6(13-14(9,10)11)12-7(8)5(2)3/h4,6H,1-2H2,3H3,(H2,9,10,11). The van der Waals surface area contributed by atoms with Crippen molar-refractivity contribution < 1.29 is 28.4 Å². The van der Waals surface area contributed by atoms with Crippen molar-refractivity contribution in [3.8, 4) is 0 Å². The quantitative estimate of drug-likeness (QED) is 0.234. The van der Waals surface area contributed by atoms with Crippen LogP contribution >= 0.6 is 7.82 Å². The smallest absolute Gasteiger partial charge is 0.428 e. The topological polar surface area (TPSA) is 93.1 Å². The predicted molar refractivity (Wildman–Crippen MR) is 48.0 cm³/mol. The molecule has 0 amide bonds. The first-order valence-electron chi connectivity index (χ1n) is 3.49. The van der Waals surface area contributed by atoms with Crippen LogP contribution in [-0.4, -0.2) is 22.0 Å². The van der Waals surface area contributed by atoms with Crippen LogP contribution in [0.1, 0.15) is 6.92 Å². The maximum atomic E-state index is 10.9. The molecule has 0 aromatic carbocycles. The number of hydrogen-bond donors (Lipinski definition) is 2. The summed E-state index contributed by atoms with van der Waals surface area (Å²) in [6, 6.07) is 0. The highest BCUT2D eigenvalue weighted by atomic mass is 31.2. The van der Waals surface area contributed by atoms with Gasteiger partial charge in [-0.1, -0.05) is 13.2 Å². The third-order valence-electron chi connectivity index (χ3n) is 1.01. The Labute approximate surface area is 81.1 Å². The molecular formula is C7H11O6P. The molecule has 0 heterocycles. The van der Waals surface area contributed by atoms with E-state index >= 15 is 0 Å². The molecule has 1 atom stereocenters. The van der Waals surface area contributed by atoms with E-state index < -0.39 is 20.1 Å². The summed E-state index contributed by atoms with van der Waals surface area (Å²) in [5, 5.41) is 0. The normalized spacial score (nSPS) is 13.1. The summed E-state index contributed by atoms with van der Waals surface area (Å²) in [6.45, 7) is 7.85. The lowest BCUT2D eigenvalue weighted by Gasteiger charge is -2.14. The highest BCUT2D eigenvalue weighted by molar-refractivity contribution is 7.46. The van der Waals surface area contributed by atoms with Gasteiger partial charge in [0.2, 0.25) is 6.29 Å². The molecule has 0 aliphatic carbocycles. The summed E-state index contributed by atoms with van der Waals surface area (Å²) in [7, 11) is -4.70. The van der Waals surface area contributed by atoms with Crippen molar-refractivity contribution in [2.45, 2.75) is 13.2 Å². The first-order chi connectivity index (χ1) is 6.26. The molecule has 0 saturated carbocycles. The van der Waals surface area contributed by atoms with Crippen LogP contribution < -0.4 is 0 Å². The average molecular weight is 222 g/mol. The fourth-order valence-corrected chi connectivity index (χ4v) is 0.854. The molecule has 0 aliphatic rings. The molecule has 1 unspecified atom stereocenters. The molecule has 0 rings (SSSR count). The Morgan fingerprint density at radius 3 is 2.36 bits per heavy atom. The first-order valence-corrected chi connectivity index (χ1v) is 5.02. The second-order valence-electron chi connectivity index (χ2n) is 2.39. The first kappa shape index (κ1) is 13.1. The zero-order valence-electron chi connectivity index (χ0n) is 7.54. The summed E-state index contributed by atoms with van der Waals surface area (Å²) in [5.41, 5.74) is 0.0890. The Balaban J connectivity index is 4.31. The van der Waals surface area contributed by atoms with Gasteiger partial charge in [0, 0.05) is 5.57 Å². The molecule has 0 aromatic rings. The number of rotatable bonds is 5. The minimum absolute atomic E-state index is 0.0890. The Bertz CT molecular complexity index is 291. The number of carbonyl (C=O) groups excluding carboxylic acids is 1. The Morgan fingerprint density at radius 2 is 2.07 bits per heavy atom. The highest BCUT2D eigenvalue weighted by Crippen LogP contribution is 2.38. The van der Waals surface area contributed by atoms with Crippen LogP contribution in [0.4, 0.5) is 0 Å². The predicted octanol–water partition coefficient (Wildman–Crippen LogP) is 0.727. The van der Waals surface area contributed by atoms with Crippen molar-refractivity contribution >= 4 is 13.8 Å². The molecule has 0 fully saturated rings. The van der Waals surface area contributed by atoms with E-state index in [9.17, 15) is 9.36 Å². The van der Waals surface area contributed by atoms with Crippen molar-refractivity contribution in [2.24, 2.45) is 0 Å². The van der Waals surface area contributed by atoms with Crippen molar-refractivity contribution in [3.05, 3.63) is 24.8 Å². The fraction of sp³-hybridized carbons (Fsp3) is 0.286. The van der Waals surface area contributed by atoms with Gasteiger partial charge in [-0.3, -0.25) is 0 Å². The Kier molecular flexibility index (Phi) is 4.73. The van der Waals surface area contributed by atoms with Crippen LogP contribution in [0, 0.1) is 0 Å². The maximum Gasteiger partial charge on any atom is 0.472 e.